The van der Waals surface area contributed by atoms with Gasteiger partial charge in [-0.1, -0.05) is 12.1 Å². The molecule has 1 aromatic carbocycles. The number of piperidine rings is 1. The van der Waals surface area contributed by atoms with Crippen LogP contribution in [0, 0.1) is 5.92 Å². The highest BCUT2D eigenvalue weighted by Crippen LogP contribution is 2.50. The van der Waals surface area contributed by atoms with E-state index in [1.165, 1.54) is 57.6 Å². The number of hydrogen-bond acceptors (Lipinski definition) is 3. The lowest BCUT2D eigenvalue weighted by molar-refractivity contribution is 0.186. The summed E-state index contributed by atoms with van der Waals surface area (Å²) >= 11 is 2.08. The van der Waals surface area contributed by atoms with E-state index in [-0.39, 0.29) is 0 Å². The molecular weight excluding hydrogens is 276 g/mol. The van der Waals surface area contributed by atoms with Crippen molar-refractivity contribution in [3.63, 3.8) is 0 Å². The molecule has 1 aromatic rings. The van der Waals surface area contributed by atoms with Crippen molar-refractivity contribution in [2.75, 3.05) is 36.8 Å². The predicted molar refractivity (Wildman–Crippen MR) is 89.4 cm³/mol. The van der Waals surface area contributed by atoms with Gasteiger partial charge in [-0.05, 0) is 49.0 Å². The molecule has 2 nitrogen and oxygen atoms in total. The van der Waals surface area contributed by atoms with Crippen LogP contribution < -0.4 is 4.90 Å². The number of fused-ring (bicyclic) bond motifs is 3. The van der Waals surface area contributed by atoms with Crippen LogP contribution in [0.4, 0.5) is 5.69 Å². The lowest BCUT2D eigenvalue weighted by atomic mass is 9.89. The number of rotatable bonds is 2. The van der Waals surface area contributed by atoms with Crippen molar-refractivity contribution in [3.8, 4) is 0 Å². The van der Waals surface area contributed by atoms with Crippen LogP contribution in [0.25, 0.3) is 0 Å². The molecule has 2 fully saturated rings. The van der Waals surface area contributed by atoms with Crippen LogP contribution in [0.1, 0.15) is 37.2 Å². The molecule has 0 aromatic heterocycles. The van der Waals surface area contributed by atoms with Gasteiger partial charge < -0.3 is 9.80 Å². The van der Waals surface area contributed by atoms with Gasteiger partial charge in [-0.25, -0.2) is 0 Å². The first kappa shape index (κ1) is 12.8. The van der Waals surface area contributed by atoms with Crippen LogP contribution in [-0.2, 0) is 0 Å². The number of anilines is 1. The Labute approximate surface area is 131 Å². The summed E-state index contributed by atoms with van der Waals surface area (Å²) < 4.78 is 0. The van der Waals surface area contributed by atoms with E-state index in [1.807, 2.05) is 0 Å². The zero-order chi connectivity index (χ0) is 13.8. The van der Waals surface area contributed by atoms with E-state index < -0.39 is 0 Å². The van der Waals surface area contributed by atoms with Gasteiger partial charge in [-0.15, -0.1) is 11.8 Å². The van der Waals surface area contributed by atoms with Gasteiger partial charge in [0, 0.05) is 43.0 Å². The molecule has 0 radical (unpaired) electrons. The Kier molecular flexibility index (Phi) is 3.01. The first-order valence-electron chi connectivity index (χ1n) is 8.65. The molecule has 3 heteroatoms. The van der Waals surface area contributed by atoms with Crippen molar-refractivity contribution < 1.29 is 0 Å². The second kappa shape index (κ2) is 4.92. The largest absolute Gasteiger partial charge is 0.367 e. The van der Waals surface area contributed by atoms with Gasteiger partial charge in [-0.2, -0.15) is 0 Å². The van der Waals surface area contributed by atoms with Crippen LogP contribution in [0.5, 0.6) is 0 Å². The van der Waals surface area contributed by atoms with E-state index in [0.717, 1.165) is 17.9 Å². The topological polar surface area (TPSA) is 6.48 Å². The van der Waals surface area contributed by atoms with Crippen LogP contribution in [-0.4, -0.2) is 42.9 Å². The molecule has 1 saturated carbocycles. The van der Waals surface area contributed by atoms with E-state index in [0.29, 0.717) is 0 Å². The lowest BCUT2D eigenvalue weighted by Gasteiger charge is -2.39. The molecular formula is C18H24N2S. The molecule has 4 aliphatic rings. The number of nitrogens with zero attached hydrogens (tertiary/aromatic N) is 2. The van der Waals surface area contributed by atoms with E-state index in [9.17, 15) is 0 Å². The Morgan fingerprint density at radius 2 is 2.10 bits per heavy atom. The standard InChI is InChI=1S/C18H24N2S/c1-3-14-15-12-19(11-13-5-6-13)9-7-16(15)20-8-2-10-21-17(4-1)18(14)20/h1,3-4,13,15-16H,2,5-12H2. The summed E-state index contributed by atoms with van der Waals surface area (Å²) in [6, 6.07) is 7.85. The molecule has 0 N–H and O–H groups in total. The van der Waals surface area contributed by atoms with Gasteiger partial charge in [-0.3, -0.25) is 0 Å². The number of hydrogen-bond donors (Lipinski definition) is 0. The SMILES string of the molecule is c1cc2c3c(c1)C1CN(CC4CC4)CCC1N3CCCS2. The minimum atomic E-state index is 0.770. The summed E-state index contributed by atoms with van der Waals surface area (Å²) in [6.45, 7) is 5.28. The fourth-order valence-corrected chi connectivity index (χ4v) is 5.68. The lowest BCUT2D eigenvalue weighted by Crippen LogP contribution is -2.47. The maximum absolute atomic E-state index is 2.78. The maximum atomic E-state index is 2.78. The van der Waals surface area contributed by atoms with Gasteiger partial charge in [0.05, 0.1) is 5.69 Å². The third-order valence-electron chi connectivity index (χ3n) is 5.79. The molecule has 5 rings (SSSR count). The van der Waals surface area contributed by atoms with E-state index in [1.54, 1.807) is 16.1 Å². The molecule has 2 unspecified atom stereocenters. The fraction of sp³-hybridized carbons (Fsp3) is 0.667. The van der Waals surface area contributed by atoms with E-state index in [2.05, 4.69) is 39.8 Å². The van der Waals surface area contributed by atoms with Gasteiger partial charge in [0.15, 0.2) is 0 Å². The van der Waals surface area contributed by atoms with Crippen molar-refractivity contribution in [3.05, 3.63) is 23.8 Å². The first-order chi connectivity index (χ1) is 10.4. The number of likely N-dealkylation sites (tertiary alicyclic amines) is 1. The average molecular weight is 300 g/mol. The number of thioether (sulfide) groups is 1. The summed E-state index contributed by atoms with van der Waals surface area (Å²) in [6.07, 6.45) is 5.67. The van der Waals surface area contributed by atoms with E-state index in [4.69, 9.17) is 0 Å². The minimum absolute atomic E-state index is 0.770. The van der Waals surface area contributed by atoms with Crippen molar-refractivity contribution in [1.29, 1.82) is 0 Å². The highest BCUT2D eigenvalue weighted by atomic mass is 32.2. The molecule has 1 saturated heterocycles. The molecule has 0 amide bonds. The van der Waals surface area contributed by atoms with Gasteiger partial charge in [0.25, 0.3) is 0 Å². The van der Waals surface area contributed by atoms with Crippen LogP contribution in [0.2, 0.25) is 0 Å². The molecule has 3 heterocycles. The van der Waals surface area contributed by atoms with Crippen molar-refractivity contribution in [1.82, 2.24) is 4.90 Å². The molecule has 0 bridgehead atoms. The van der Waals surface area contributed by atoms with Crippen LogP contribution in [0.15, 0.2) is 23.1 Å². The van der Waals surface area contributed by atoms with Crippen molar-refractivity contribution >= 4 is 17.4 Å². The Hall–Kier alpha value is -0.670. The van der Waals surface area contributed by atoms with Gasteiger partial charge in [0.2, 0.25) is 0 Å². The molecule has 112 valence electrons. The van der Waals surface area contributed by atoms with Crippen molar-refractivity contribution in [2.24, 2.45) is 5.92 Å². The summed E-state index contributed by atoms with van der Waals surface area (Å²) in [7, 11) is 0. The van der Waals surface area contributed by atoms with Gasteiger partial charge >= 0.3 is 0 Å². The zero-order valence-electron chi connectivity index (χ0n) is 12.6. The molecule has 3 aliphatic heterocycles. The minimum Gasteiger partial charge on any atom is -0.367 e. The predicted octanol–water partition coefficient (Wildman–Crippen LogP) is 3.57. The maximum Gasteiger partial charge on any atom is 0.0543 e. The summed E-state index contributed by atoms with van der Waals surface area (Å²) in [5.41, 5.74) is 3.27. The quantitative estimate of drug-likeness (QED) is 0.824. The molecule has 21 heavy (non-hydrogen) atoms. The highest BCUT2D eigenvalue weighted by molar-refractivity contribution is 7.99. The molecule has 0 spiro atoms. The fourth-order valence-electron chi connectivity index (χ4n) is 4.64. The Balaban J connectivity index is 1.49. The second-order valence-electron chi connectivity index (χ2n) is 7.25. The smallest absolute Gasteiger partial charge is 0.0543 e. The summed E-state index contributed by atoms with van der Waals surface area (Å²) in [5, 5.41) is 0. The third-order valence-corrected chi connectivity index (χ3v) is 6.93. The molecule has 1 aliphatic carbocycles. The summed E-state index contributed by atoms with van der Waals surface area (Å²) in [4.78, 5) is 7.09. The normalized spacial score (nSPS) is 31.7. The van der Waals surface area contributed by atoms with Crippen LogP contribution in [0.3, 0.4) is 0 Å². The molecule has 2 atom stereocenters. The van der Waals surface area contributed by atoms with E-state index >= 15 is 0 Å². The highest BCUT2D eigenvalue weighted by Gasteiger charge is 2.43. The van der Waals surface area contributed by atoms with Crippen LogP contribution >= 0.6 is 11.8 Å². The van der Waals surface area contributed by atoms with Crippen molar-refractivity contribution in [2.45, 2.75) is 42.5 Å². The first-order valence-corrected chi connectivity index (χ1v) is 9.63. The number of para-hydroxylation sites is 1. The van der Waals surface area contributed by atoms with Gasteiger partial charge in [0.1, 0.15) is 0 Å². The third kappa shape index (κ3) is 2.12. The summed E-state index contributed by atoms with van der Waals surface area (Å²) in [5.74, 6) is 3.09. The second-order valence-corrected chi connectivity index (χ2v) is 8.39. The Morgan fingerprint density at radius 1 is 1.14 bits per heavy atom. The Bertz CT molecular complexity index is 554. The monoisotopic (exact) mass is 300 g/mol. The number of benzene rings is 1. The Morgan fingerprint density at radius 3 is 3.00 bits per heavy atom. The average Bonchev–Trinajstić information content (AvgIpc) is 3.28. The zero-order valence-corrected chi connectivity index (χ0v) is 13.4.